The van der Waals surface area contributed by atoms with Crippen LogP contribution in [-0.2, 0) is 27.8 Å². The number of aliphatic carboxylic acids is 1. The number of halogens is 1. The third kappa shape index (κ3) is 5.47. The number of hydrogen-bond acceptors (Lipinski definition) is 5. The molecule has 0 aliphatic carbocycles. The molecule has 0 saturated heterocycles. The number of carbonyl (C=O) groups is 1. The van der Waals surface area contributed by atoms with Crippen LogP contribution < -0.4 is 11.1 Å². The topological polar surface area (TPSA) is 113 Å². The first kappa shape index (κ1) is 26.6. The number of fused-ring (bicyclic) bond motifs is 1. The Morgan fingerprint density at radius 1 is 1.19 bits per heavy atom. The minimum Gasteiger partial charge on any atom is -0.481 e. The van der Waals surface area contributed by atoms with Crippen molar-refractivity contribution >= 4 is 27.4 Å². The number of benzene rings is 3. The Morgan fingerprint density at radius 3 is 2.68 bits per heavy atom. The lowest BCUT2D eigenvalue weighted by Gasteiger charge is -2.24. The summed E-state index contributed by atoms with van der Waals surface area (Å²) >= 11 is 0. The summed E-state index contributed by atoms with van der Waals surface area (Å²) in [4.78, 5) is 12.1. The van der Waals surface area contributed by atoms with Gasteiger partial charge in [0.05, 0.1) is 22.7 Å². The van der Waals surface area contributed by atoms with Crippen LogP contribution in [-0.4, -0.2) is 36.9 Å². The molecule has 196 valence electrons. The second kappa shape index (κ2) is 10.9. The van der Waals surface area contributed by atoms with Gasteiger partial charge in [-0.2, -0.15) is 4.31 Å². The Morgan fingerprint density at radius 2 is 1.95 bits per heavy atom. The van der Waals surface area contributed by atoms with Crippen LogP contribution in [0.3, 0.4) is 0 Å². The summed E-state index contributed by atoms with van der Waals surface area (Å²) in [5.41, 5.74) is 9.61. The average Bonchev–Trinajstić information content (AvgIpc) is 2.98. The van der Waals surface area contributed by atoms with E-state index in [1.165, 1.54) is 4.31 Å². The van der Waals surface area contributed by atoms with Crippen LogP contribution in [0.25, 0.3) is 0 Å². The Bertz CT molecular complexity index is 1420. The van der Waals surface area contributed by atoms with E-state index in [-0.39, 0.29) is 24.2 Å². The minimum absolute atomic E-state index is 0.0589. The van der Waals surface area contributed by atoms with Crippen molar-refractivity contribution in [3.8, 4) is 0 Å². The Hall–Kier alpha value is -3.43. The lowest BCUT2D eigenvalue weighted by atomic mass is 9.86. The Labute approximate surface area is 217 Å². The van der Waals surface area contributed by atoms with Crippen LogP contribution in [0.2, 0.25) is 0 Å². The van der Waals surface area contributed by atoms with Crippen LogP contribution in [0.5, 0.6) is 0 Å². The standard InChI is InChI=1S/C28H32FN3O4S/c1-3-31-24-13-12-22(27(29)28(24)30)23(16-26(33)34)20-11-10-18(2)21(15-20)17-32-14-6-8-19-7-4-5-9-25(19)37(32,35)36/h4-5,7,9-13,15,23,31H,3,6,8,14,16-17,30H2,1-2H3,(H,33,34). The van der Waals surface area contributed by atoms with Gasteiger partial charge in [-0.05, 0) is 66.6 Å². The summed E-state index contributed by atoms with van der Waals surface area (Å²) < 4.78 is 43.8. The largest absolute Gasteiger partial charge is 0.481 e. The molecule has 0 bridgehead atoms. The third-order valence-corrected chi connectivity index (χ3v) is 8.84. The zero-order chi connectivity index (χ0) is 26.7. The van der Waals surface area contributed by atoms with E-state index in [2.05, 4.69) is 5.32 Å². The average molecular weight is 526 g/mol. The van der Waals surface area contributed by atoms with Crippen molar-refractivity contribution in [2.45, 2.75) is 50.5 Å². The van der Waals surface area contributed by atoms with Crippen LogP contribution in [0.15, 0.2) is 59.5 Å². The van der Waals surface area contributed by atoms with Crippen LogP contribution in [0.4, 0.5) is 15.8 Å². The van der Waals surface area contributed by atoms with Crippen LogP contribution in [0.1, 0.15) is 53.5 Å². The van der Waals surface area contributed by atoms with Crippen molar-refractivity contribution in [2.24, 2.45) is 0 Å². The summed E-state index contributed by atoms with van der Waals surface area (Å²) in [7, 11) is -3.71. The number of nitrogens with one attached hydrogen (secondary N) is 1. The van der Waals surface area contributed by atoms with Gasteiger partial charge in [0.2, 0.25) is 10.0 Å². The molecule has 4 rings (SSSR count). The first-order valence-corrected chi connectivity index (χ1v) is 13.8. The van der Waals surface area contributed by atoms with Gasteiger partial charge in [-0.1, -0.05) is 42.5 Å². The summed E-state index contributed by atoms with van der Waals surface area (Å²) in [6.45, 7) is 4.83. The minimum atomic E-state index is -3.71. The Kier molecular flexibility index (Phi) is 7.85. The van der Waals surface area contributed by atoms with E-state index >= 15 is 4.39 Å². The fraction of sp³-hybridized carbons (Fsp3) is 0.321. The van der Waals surface area contributed by atoms with Crippen molar-refractivity contribution in [1.82, 2.24) is 4.31 Å². The molecule has 3 aromatic carbocycles. The van der Waals surface area contributed by atoms with Gasteiger partial charge < -0.3 is 16.2 Å². The predicted octanol–water partition coefficient (Wildman–Crippen LogP) is 4.89. The highest BCUT2D eigenvalue weighted by Gasteiger charge is 2.30. The molecule has 1 heterocycles. The van der Waals surface area contributed by atoms with Crippen molar-refractivity contribution in [1.29, 1.82) is 0 Å². The summed E-state index contributed by atoms with van der Waals surface area (Å²) in [6.07, 6.45) is 1.03. The number of rotatable bonds is 8. The number of sulfonamides is 1. The molecule has 0 radical (unpaired) electrons. The lowest BCUT2D eigenvalue weighted by Crippen LogP contribution is -2.31. The number of aryl methyl sites for hydroxylation is 2. The maximum Gasteiger partial charge on any atom is 0.304 e. The molecule has 1 aliphatic rings. The lowest BCUT2D eigenvalue weighted by molar-refractivity contribution is -0.137. The molecular formula is C28H32FN3O4S. The Balaban J connectivity index is 1.73. The molecule has 4 N–H and O–H groups in total. The molecule has 37 heavy (non-hydrogen) atoms. The van der Waals surface area contributed by atoms with Gasteiger partial charge in [0, 0.05) is 25.6 Å². The van der Waals surface area contributed by atoms with E-state index in [4.69, 9.17) is 5.73 Å². The van der Waals surface area contributed by atoms with Crippen molar-refractivity contribution in [2.75, 3.05) is 24.1 Å². The highest BCUT2D eigenvalue weighted by molar-refractivity contribution is 7.89. The van der Waals surface area contributed by atoms with E-state index in [9.17, 15) is 18.3 Å². The zero-order valence-corrected chi connectivity index (χ0v) is 21.8. The van der Waals surface area contributed by atoms with E-state index < -0.39 is 27.7 Å². The number of nitrogen functional groups attached to an aromatic ring is 1. The van der Waals surface area contributed by atoms with Crippen LogP contribution in [0, 0.1) is 12.7 Å². The molecule has 0 saturated carbocycles. The normalized spacial score (nSPS) is 16.0. The molecule has 1 unspecified atom stereocenters. The number of carboxylic acid groups (broad SMARTS) is 1. The fourth-order valence-corrected chi connectivity index (χ4v) is 6.61. The van der Waals surface area contributed by atoms with E-state index in [0.29, 0.717) is 42.1 Å². The van der Waals surface area contributed by atoms with Gasteiger partial charge in [-0.3, -0.25) is 4.79 Å². The SMILES string of the molecule is CCNc1ccc(C(CC(=O)O)c2ccc(C)c(CN3CCCc4ccccc4S3(=O)=O)c2)c(F)c1N. The summed E-state index contributed by atoms with van der Waals surface area (Å²) in [5, 5.41) is 12.6. The van der Waals surface area contributed by atoms with E-state index in [1.807, 2.05) is 32.0 Å². The molecule has 0 fully saturated rings. The second-order valence-electron chi connectivity index (χ2n) is 9.35. The number of nitrogens with zero attached hydrogens (tertiary/aromatic N) is 1. The van der Waals surface area contributed by atoms with Crippen molar-refractivity contribution < 1.29 is 22.7 Å². The van der Waals surface area contributed by atoms with E-state index in [1.54, 1.807) is 36.4 Å². The molecule has 1 atom stereocenters. The van der Waals surface area contributed by atoms with Gasteiger partial charge in [0.1, 0.15) is 0 Å². The second-order valence-corrected chi connectivity index (χ2v) is 11.3. The summed E-state index contributed by atoms with van der Waals surface area (Å²) in [6, 6.07) is 15.7. The van der Waals surface area contributed by atoms with Gasteiger partial charge in [-0.25, -0.2) is 12.8 Å². The maximum absolute atomic E-state index is 15.4. The maximum atomic E-state index is 15.4. The number of hydrogen-bond donors (Lipinski definition) is 3. The first-order chi connectivity index (χ1) is 17.6. The number of anilines is 2. The quantitative estimate of drug-likeness (QED) is 0.361. The molecule has 0 amide bonds. The molecule has 3 aromatic rings. The monoisotopic (exact) mass is 525 g/mol. The molecule has 0 spiro atoms. The number of carboxylic acids is 1. The predicted molar refractivity (Wildman–Crippen MR) is 143 cm³/mol. The number of nitrogens with two attached hydrogens (primary N) is 1. The molecule has 1 aliphatic heterocycles. The van der Waals surface area contributed by atoms with Crippen molar-refractivity contribution in [3.05, 3.63) is 88.2 Å². The fourth-order valence-electron chi connectivity index (χ4n) is 4.91. The van der Waals surface area contributed by atoms with E-state index in [0.717, 1.165) is 16.7 Å². The van der Waals surface area contributed by atoms with Gasteiger partial charge in [0.25, 0.3) is 0 Å². The summed E-state index contributed by atoms with van der Waals surface area (Å²) in [5.74, 6) is -2.53. The smallest absolute Gasteiger partial charge is 0.304 e. The molecular weight excluding hydrogens is 493 g/mol. The third-order valence-electron chi connectivity index (χ3n) is 6.90. The van der Waals surface area contributed by atoms with Gasteiger partial charge in [-0.15, -0.1) is 0 Å². The molecule has 7 nitrogen and oxygen atoms in total. The van der Waals surface area contributed by atoms with Crippen LogP contribution >= 0.6 is 0 Å². The van der Waals surface area contributed by atoms with Gasteiger partial charge >= 0.3 is 5.97 Å². The van der Waals surface area contributed by atoms with Gasteiger partial charge in [0.15, 0.2) is 5.82 Å². The first-order valence-electron chi connectivity index (χ1n) is 12.3. The highest BCUT2D eigenvalue weighted by Crippen LogP contribution is 2.36. The molecule has 0 aromatic heterocycles. The highest BCUT2D eigenvalue weighted by atomic mass is 32.2. The van der Waals surface area contributed by atoms with Crippen molar-refractivity contribution in [3.63, 3.8) is 0 Å². The molecule has 9 heteroatoms. The zero-order valence-electron chi connectivity index (χ0n) is 21.0.